The highest BCUT2D eigenvalue weighted by Gasteiger charge is 2.13. The zero-order valence-electron chi connectivity index (χ0n) is 11.4. The molecule has 112 valence electrons. The van der Waals surface area contributed by atoms with E-state index in [0.29, 0.717) is 6.54 Å². The summed E-state index contributed by atoms with van der Waals surface area (Å²) in [5.41, 5.74) is 1.00. The Kier molecular flexibility index (Phi) is 4.64. The number of nitrogens with zero attached hydrogens (tertiary/aromatic N) is 3. The van der Waals surface area contributed by atoms with Gasteiger partial charge in [-0.3, -0.25) is 9.47 Å². The van der Waals surface area contributed by atoms with Crippen LogP contribution in [0.5, 0.6) is 0 Å². The van der Waals surface area contributed by atoms with Crippen molar-refractivity contribution in [2.24, 2.45) is 0 Å². The van der Waals surface area contributed by atoms with Crippen LogP contribution >= 0.6 is 0 Å². The second-order valence-corrected chi connectivity index (χ2v) is 4.71. The third-order valence-corrected chi connectivity index (χ3v) is 3.00. The van der Waals surface area contributed by atoms with Gasteiger partial charge in [-0.25, -0.2) is 9.78 Å². The van der Waals surface area contributed by atoms with Crippen molar-refractivity contribution in [3.8, 4) is 0 Å². The Labute approximate surface area is 120 Å². The van der Waals surface area contributed by atoms with Gasteiger partial charge in [0.05, 0.1) is 12.1 Å². The maximum Gasteiger partial charge on any atom is 0.335 e. The van der Waals surface area contributed by atoms with Crippen LogP contribution in [-0.4, -0.2) is 32.6 Å². The molecule has 0 aliphatic rings. The van der Waals surface area contributed by atoms with Gasteiger partial charge >= 0.3 is 12.5 Å². The number of rotatable bonds is 6. The zero-order valence-corrected chi connectivity index (χ0v) is 11.4. The summed E-state index contributed by atoms with van der Waals surface area (Å²) in [6.07, 6.45) is 2.57. The molecule has 0 radical (unpaired) electrons. The number of halogens is 2. The summed E-state index contributed by atoms with van der Waals surface area (Å²) in [6, 6.07) is 6.53. The number of hydrogen-bond acceptors (Lipinski definition) is 3. The molecular formula is C14H15F2N3O2. The molecule has 0 atom stereocenters. The molecule has 1 aromatic heterocycles. The van der Waals surface area contributed by atoms with Crippen LogP contribution in [0, 0.1) is 0 Å². The zero-order chi connectivity index (χ0) is 15.4. The van der Waals surface area contributed by atoms with Crippen molar-refractivity contribution in [3.05, 3.63) is 53.6 Å². The van der Waals surface area contributed by atoms with Crippen LogP contribution in [0.2, 0.25) is 0 Å². The van der Waals surface area contributed by atoms with Crippen LogP contribution in [0.4, 0.5) is 8.78 Å². The van der Waals surface area contributed by atoms with Gasteiger partial charge in [-0.15, -0.1) is 0 Å². The van der Waals surface area contributed by atoms with Gasteiger partial charge in [0, 0.05) is 18.9 Å². The molecule has 0 aliphatic carbocycles. The summed E-state index contributed by atoms with van der Waals surface area (Å²) < 4.78 is 26.2. The molecule has 5 nitrogen and oxygen atoms in total. The van der Waals surface area contributed by atoms with E-state index in [0.717, 1.165) is 10.1 Å². The molecule has 1 aromatic carbocycles. The monoisotopic (exact) mass is 295 g/mol. The third kappa shape index (κ3) is 3.85. The average Bonchev–Trinajstić information content (AvgIpc) is 2.87. The van der Waals surface area contributed by atoms with Crippen molar-refractivity contribution in [3.63, 3.8) is 0 Å². The van der Waals surface area contributed by atoms with E-state index in [4.69, 9.17) is 5.11 Å². The van der Waals surface area contributed by atoms with Crippen LogP contribution < -0.4 is 0 Å². The number of hydrogen-bond donors (Lipinski definition) is 1. The fourth-order valence-electron chi connectivity index (χ4n) is 2.06. The molecule has 0 aliphatic heterocycles. The van der Waals surface area contributed by atoms with E-state index in [1.165, 1.54) is 18.5 Å². The highest BCUT2D eigenvalue weighted by atomic mass is 19.3. The number of carboxylic acids is 1. The quantitative estimate of drug-likeness (QED) is 0.890. The van der Waals surface area contributed by atoms with Crippen LogP contribution in [-0.2, 0) is 13.1 Å². The molecule has 0 saturated heterocycles. The van der Waals surface area contributed by atoms with Crippen molar-refractivity contribution >= 4 is 5.97 Å². The van der Waals surface area contributed by atoms with Gasteiger partial charge in [0.1, 0.15) is 5.82 Å². The summed E-state index contributed by atoms with van der Waals surface area (Å²) in [4.78, 5) is 16.6. The predicted molar refractivity (Wildman–Crippen MR) is 72.1 cm³/mol. The fourth-order valence-corrected chi connectivity index (χ4v) is 2.06. The number of aromatic nitrogens is 2. The highest BCUT2D eigenvalue weighted by molar-refractivity contribution is 5.87. The molecule has 2 aromatic rings. The first-order valence-electron chi connectivity index (χ1n) is 6.28. The molecule has 0 spiro atoms. The number of imidazole rings is 1. The van der Waals surface area contributed by atoms with Gasteiger partial charge in [-0.1, -0.05) is 12.1 Å². The standard InChI is InChI=1S/C14H15F2N3O2/c1-18(9-12-17-5-6-19(12)14(15)16)8-10-3-2-4-11(7-10)13(20)21/h2-7,14H,8-9H2,1H3,(H,20,21). The van der Waals surface area contributed by atoms with Gasteiger partial charge in [-0.05, 0) is 24.7 Å². The first kappa shape index (κ1) is 15.1. The lowest BCUT2D eigenvalue weighted by molar-refractivity contribution is 0.0642. The number of benzene rings is 1. The second kappa shape index (κ2) is 6.45. The van der Waals surface area contributed by atoms with E-state index in [-0.39, 0.29) is 17.9 Å². The van der Waals surface area contributed by atoms with Gasteiger partial charge in [-0.2, -0.15) is 8.78 Å². The van der Waals surface area contributed by atoms with Crippen LogP contribution in [0.15, 0.2) is 36.7 Å². The Hall–Kier alpha value is -2.28. The first-order valence-corrected chi connectivity index (χ1v) is 6.28. The van der Waals surface area contributed by atoms with E-state index >= 15 is 0 Å². The van der Waals surface area contributed by atoms with Crippen LogP contribution in [0.1, 0.15) is 28.3 Å². The van der Waals surface area contributed by atoms with E-state index in [1.54, 1.807) is 30.1 Å². The van der Waals surface area contributed by atoms with Crippen LogP contribution in [0.25, 0.3) is 0 Å². The molecule has 0 unspecified atom stereocenters. The summed E-state index contributed by atoms with van der Waals surface area (Å²) >= 11 is 0. The molecule has 0 saturated carbocycles. The summed E-state index contributed by atoms with van der Waals surface area (Å²) in [5, 5.41) is 8.94. The Bertz CT molecular complexity index is 628. The summed E-state index contributed by atoms with van der Waals surface area (Å²) in [5.74, 6) is -0.727. The van der Waals surface area contributed by atoms with Crippen molar-refractivity contribution in [1.29, 1.82) is 0 Å². The van der Waals surface area contributed by atoms with Gasteiger partial charge in [0.15, 0.2) is 0 Å². The van der Waals surface area contributed by atoms with Crippen LogP contribution in [0.3, 0.4) is 0 Å². The number of aromatic carboxylic acids is 1. The summed E-state index contributed by atoms with van der Waals surface area (Å²) in [6.45, 7) is -1.93. The molecular weight excluding hydrogens is 280 g/mol. The minimum atomic E-state index is -2.62. The van der Waals surface area contributed by atoms with Crippen molar-refractivity contribution < 1.29 is 18.7 Å². The minimum absolute atomic E-state index is 0.204. The normalized spacial score (nSPS) is 11.3. The lowest BCUT2D eigenvalue weighted by atomic mass is 10.1. The smallest absolute Gasteiger partial charge is 0.335 e. The Morgan fingerprint density at radius 2 is 2.19 bits per heavy atom. The van der Waals surface area contributed by atoms with E-state index < -0.39 is 12.5 Å². The lowest BCUT2D eigenvalue weighted by Crippen LogP contribution is -2.20. The fraction of sp³-hybridized carbons (Fsp3) is 0.286. The number of carboxylic acid groups (broad SMARTS) is 1. The van der Waals surface area contributed by atoms with Gasteiger partial charge in [0.25, 0.3) is 0 Å². The van der Waals surface area contributed by atoms with Crippen molar-refractivity contribution in [2.75, 3.05) is 7.05 Å². The maximum absolute atomic E-state index is 12.7. The topological polar surface area (TPSA) is 58.4 Å². The molecule has 2 rings (SSSR count). The molecule has 7 heteroatoms. The maximum atomic E-state index is 12.7. The molecule has 21 heavy (non-hydrogen) atoms. The Morgan fingerprint density at radius 3 is 2.86 bits per heavy atom. The second-order valence-electron chi connectivity index (χ2n) is 4.71. The number of carbonyl (C=O) groups is 1. The largest absolute Gasteiger partial charge is 0.478 e. The molecule has 1 heterocycles. The predicted octanol–water partition coefficient (Wildman–Crippen LogP) is 2.61. The first-order chi connectivity index (χ1) is 9.97. The highest BCUT2D eigenvalue weighted by Crippen LogP contribution is 2.15. The van der Waals surface area contributed by atoms with Crippen molar-refractivity contribution in [1.82, 2.24) is 14.5 Å². The van der Waals surface area contributed by atoms with E-state index in [9.17, 15) is 13.6 Å². The third-order valence-electron chi connectivity index (χ3n) is 3.00. The minimum Gasteiger partial charge on any atom is -0.478 e. The van der Waals surface area contributed by atoms with Crippen molar-refractivity contribution in [2.45, 2.75) is 19.6 Å². The van der Waals surface area contributed by atoms with E-state index in [2.05, 4.69) is 4.98 Å². The SMILES string of the molecule is CN(Cc1cccc(C(=O)O)c1)Cc1nccn1C(F)F. The van der Waals surface area contributed by atoms with E-state index in [1.807, 2.05) is 0 Å². The summed E-state index contributed by atoms with van der Waals surface area (Å²) in [7, 11) is 1.76. The Morgan fingerprint density at radius 1 is 1.43 bits per heavy atom. The molecule has 0 amide bonds. The molecule has 0 bridgehead atoms. The average molecular weight is 295 g/mol. The van der Waals surface area contributed by atoms with Gasteiger partial charge < -0.3 is 5.11 Å². The van der Waals surface area contributed by atoms with Gasteiger partial charge in [0.2, 0.25) is 0 Å². The molecule has 0 fully saturated rings. The molecule has 1 N–H and O–H groups in total. The Balaban J connectivity index is 2.04. The lowest BCUT2D eigenvalue weighted by Gasteiger charge is -2.17. The number of alkyl halides is 2.